The number of fused-ring (bicyclic) bond motifs is 1. The highest BCUT2D eigenvalue weighted by atomic mass is 15.3. The molecule has 1 aromatic carbocycles. The number of benzene rings is 1. The Bertz CT molecular complexity index is 610. The van der Waals surface area contributed by atoms with E-state index < -0.39 is 0 Å². The van der Waals surface area contributed by atoms with E-state index in [1.807, 2.05) is 6.20 Å². The Kier molecular flexibility index (Phi) is 3.83. The quantitative estimate of drug-likeness (QED) is 0.937. The van der Waals surface area contributed by atoms with Gasteiger partial charge in [-0.15, -0.1) is 0 Å². The number of rotatable bonds is 3. The van der Waals surface area contributed by atoms with Crippen molar-refractivity contribution in [3.05, 3.63) is 36.5 Å². The van der Waals surface area contributed by atoms with Gasteiger partial charge in [-0.1, -0.05) is 24.3 Å². The van der Waals surface area contributed by atoms with Crippen LogP contribution in [0.4, 0.5) is 5.82 Å². The highest BCUT2D eigenvalue weighted by Gasteiger charge is 2.29. The van der Waals surface area contributed by atoms with Crippen LogP contribution in [0.3, 0.4) is 0 Å². The Labute approximate surface area is 126 Å². The van der Waals surface area contributed by atoms with Crippen LogP contribution in [0.5, 0.6) is 0 Å². The minimum absolute atomic E-state index is 0.0816. The van der Waals surface area contributed by atoms with Crippen molar-refractivity contribution >= 4 is 16.6 Å². The van der Waals surface area contributed by atoms with Crippen LogP contribution in [0.1, 0.15) is 13.8 Å². The maximum absolute atomic E-state index is 5.89. The summed E-state index contributed by atoms with van der Waals surface area (Å²) in [7, 11) is 0. The third-order valence-electron chi connectivity index (χ3n) is 4.59. The summed E-state index contributed by atoms with van der Waals surface area (Å²) in [4.78, 5) is 9.50. The number of aromatic nitrogens is 1. The molecule has 3 rings (SSSR count). The first kappa shape index (κ1) is 14.3. The number of piperazine rings is 1. The minimum Gasteiger partial charge on any atom is -0.354 e. The largest absolute Gasteiger partial charge is 0.354 e. The summed E-state index contributed by atoms with van der Waals surface area (Å²) in [5.74, 6) is 1.11. The van der Waals surface area contributed by atoms with Crippen molar-refractivity contribution in [2.45, 2.75) is 19.4 Å². The second kappa shape index (κ2) is 5.62. The first-order chi connectivity index (χ1) is 10.1. The van der Waals surface area contributed by atoms with Gasteiger partial charge in [-0.3, -0.25) is 4.90 Å². The Morgan fingerprint density at radius 2 is 1.81 bits per heavy atom. The van der Waals surface area contributed by atoms with Crippen LogP contribution >= 0.6 is 0 Å². The van der Waals surface area contributed by atoms with E-state index in [9.17, 15) is 0 Å². The lowest BCUT2D eigenvalue weighted by Crippen LogP contribution is -2.57. The van der Waals surface area contributed by atoms with E-state index in [2.05, 4.69) is 59.0 Å². The first-order valence-corrected chi connectivity index (χ1v) is 7.66. The third kappa shape index (κ3) is 2.74. The van der Waals surface area contributed by atoms with E-state index in [0.717, 1.165) is 32.0 Å². The number of nitrogens with two attached hydrogens (primary N) is 1. The number of anilines is 1. The van der Waals surface area contributed by atoms with Gasteiger partial charge in [0.1, 0.15) is 5.82 Å². The lowest BCUT2D eigenvalue weighted by atomic mass is 10.0. The van der Waals surface area contributed by atoms with Crippen LogP contribution in [0.2, 0.25) is 0 Å². The van der Waals surface area contributed by atoms with Gasteiger partial charge in [-0.05, 0) is 25.3 Å². The van der Waals surface area contributed by atoms with Gasteiger partial charge in [0.2, 0.25) is 0 Å². The normalized spacial score (nSPS) is 17.4. The molecule has 0 saturated carbocycles. The third-order valence-corrected chi connectivity index (χ3v) is 4.59. The Balaban J connectivity index is 1.80. The SMILES string of the molecule is CC(C)(CN)N1CCN(c2nccc3ccccc23)CC1. The Morgan fingerprint density at radius 1 is 1.10 bits per heavy atom. The fourth-order valence-corrected chi connectivity index (χ4v) is 3.01. The number of hydrogen-bond acceptors (Lipinski definition) is 4. The van der Waals surface area contributed by atoms with Gasteiger partial charge >= 0.3 is 0 Å². The van der Waals surface area contributed by atoms with Crippen molar-refractivity contribution in [3.8, 4) is 0 Å². The average molecular weight is 284 g/mol. The molecular weight excluding hydrogens is 260 g/mol. The summed E-state index contributed by atoms with van der Waals surface area (Å²) in [6, 6.07) is 10.5. The zero-order valence-corrected chi connectivity index (χ0v) is 12.9. The van der Waals surface area contributed by atoms with Crippen LogP contribution in [-0.2, 0) is 0 Å². The maximum atomic E-state index is 5.89. The van der Waals surface area contributed by atoms with Gasteiger partial charge in [0.15, 0.2) is 0 Å². The van der Waals surface area contributed by atoms with Gasteiger partial charge in [0, 0.05) is 49.8 Å². The van der Waals surface area contributed by atoms with Gasteiger partial charge < -0.3 is 10.6 Å². The van der Waals surface area contributed by atoms with Crippen LogP contribution in [0.15, 0.2) is 36.5 Å². The zero-order chi connectivity index (χ0) is 14.9. The Hall–Kier alpha value is -1.65. The highest BCUT2D eigenvalue weighted by Crippen LogP contribution is 2.26. The topological polar surface area (TPSA) is 45.4 Å². The van der Waals surface area contributed by atoms with E-state index in [1.54, 1.807) is 0 Å². The molecular formula is C17H24N4. The number of nitrogens with zero attached hydrogens (tertiary/aromatic N) is 3. The first-order valence-electron chi connectivity index (χ1n) is 7.66. The van der Waals surface area contributed by atoms with Crippen LogP contribution in [0, 0.1) is 0 Å². The number of pyridine rings is 1. The molecule has 0 radical (unpaired) electrons. The van der Waals surface area contributed by atoms with Gasteiger partial charge in [-0.2, -0.15) is 0 Å². The standard InChI is InChI=1S/C17H24N4/c1-17(2,13-18)21-11-9-20(10-12-21)16-15-6-4-3-5-14(15)7-8-19-16/h3-8H,9-13,18H2,1-2H3. The van der Waals surface area contributed by atoms with Crippen molar-refractivity contribution in [3.63, 3.8) is 0 Å². The molecule has 4 nitrogen and oxygen atoms in total. The van der Waals surface area contributed by atoms with E-state index in [4.69, 9.17) is 5.73 Å². The molecule has 2 heterocycles. The van der Waals surface area contributed by atoms with E-state index >= 15 is 0 Å². The minimum atomic E-state index is 0.0816. The van der Waals surface area contributed by atoms with Gasteiger partial charge in [0.25, 0.3) is 0 Å². The predicted molar refractivity (Wildman–Crippen MR) is 88.7 cm³/mol. The van der Waals surface area contributed by atoms with Crippen molar-refractivity contribution in [1.82, 2.24) is 9.88 Å². The molecule has 0 aliphatic carbocycles. The van der Waals surface area contributed by atoms with Crippen LogP contribution in [-0.4, -0.2) is 48.1 Å². The van der Waals surface area contributed by atoms with Crippen molar-refractivity contribution in [2.75, 3.05) is 37.6 Å². The van der Waals surface area contributed by atoms with Gasteiger partial charge in [-0.25, -0.2) is 4.98 Å². The summed E-state index contributed by atoms with van der Waals surface area (Å²) in [5, 5.41) is 2.50. The molecule has 0 amide bonds. The molecule has 112 valence electrons. The second-order valence-electron chi connectivity index (χ2n) is 6.35. The molecule has 21 heavy (non-hydrogen) atoms. The summed E-state index contributed by atoms with van der Waals surface area (Å²) in [6.07, 6.45) is 1.91. The molecule has 1 fully saturated rings. The van der Waals surface area contributed by atoms with Crippen LogP contribution in [0.25, 0.3) is 10.8 Å². The number of hydrogen-bond donors (Lipinski definition) is 1. The fourth-order valence-electron chi connectivity index (χ4n) is 3.01. The van der Waals surface area contributed by atoms with Crippen molar-refractivity contribution < 1.29 is 0 Å². The summed E-state index contributed by atoms with van der Waals surface area (Å²) in [5.41, 5.74) is 5.97. The lowest BCUT2D eigenvalue weighted by molar-refractivity contribution is 0.119. The fraction of sp³-hybridized carbons (Fsp3) is 0.471. The molecule has 1 aromatic heterocycles. The molecule has 2 aromatic rings. The average Bonchev–Trinajstić information content (AvgIpc) is 2.54. The summed E-state index contributed by atoms with van der Waals surface area (Å²) < 4.78 is 0. The van der Waals surface area contributed by atoms with E-state index in [0.29, 0.717) is 6.54 Å². The molecule has 4 heteroatoms. The lowest BCUT2D eigenvalue weighted by Gasteiger charge is -2.44. The second-order valence-corrected chi connectivity index (χ2v) is 6.35. The Morgan fingerprint density at radius 3 is 2.52 bits per heavy atom. The predicted octanol–water partition coefficient (Wildman–Crippen LogP) is 2.09. The van der Waals surface area contributed by atoms with E-state index in [1.165, 1.54) is 10.8 Å². The van der Waals surface area contributed by atoms with Crippen LogP contribution < -0.4 is 10.6 Å². The molecule has 0 spiro atoms. The summed E-state index contributed by atoms with van der Waals surface area (Å²) in [6.45, 7) is 9.22. The molecule has 1 saturated heterocycles. The molecule has 1 aliphatic rings. The summed E-state index contributed by atoms with van der Waals surface area (Å²) >= 11 is 0. The maximum Gasteiger partial charge on any atom is 0.136 e. The molecule has 1 aliphatic heterocycles. The molecule has 0 atom stereocenters. The van der Waals surface area contributed by atoms with Crippen molar-refractivity contribution in [2.24, 2.45) is 5.73 Å². The highest BCUT2D eigenvalue weighted by molar-refractivity contribution is 5.92. The monoisotopic (exact) mass is 284 g/mol. The van der Waals surface area contributed by atoms with Gasteiger partial charge in [0.05, 0.1) is 0 Å². The molecule has 2 N–H and O–H groups in total. The van der Waals surface area contributed by atoms with Crippen molar-refractivity contribution in [1.29, 1.82) is 0 Å². The molecule has 0 unspecified atom stereocenters. The van der Waals surface area contributed by atoms with E-state index in [-0.39, 0.29) is 5.54 Å². The smallest absolute Gasteiger partial charge is 0.136 e. The molecule has 0 bridgehead atoms. The zero-order valence-electron chi connectivity index (χ0n) is 12.9.